The van der Waals surface area contributed by atoms with E-state index in [-0.39, 0.29) is 26.7 Å². The van der Waals surface area contributed by atoms with Crippen molar-refractivity contribution in [3.8, 4) is 5.75 Å². The van der Waals surface area contributed by atoms with Gasteiger partial charge in [0.05, 0.1) is 11.4 Å². The molecule has 1 heterocycles. The second kappa shape index (κ2) is 6.64. The summed E-state index contributed by atoms with van der Waals surface area (Å²) in [6.45, 7) is 1.79. The van der Waals surface area contributed by atoms with Gasteiger partial charge >= 0.3 is 0 Å². The molecule has 0 bridgehead atoms. The Morgan fingerprint density at radius 2 is 2.08 bits per heavy atom. The summed E-state index contributed by atoms with van der Waals surface area (Å²) in [6.07, 6.45) is -0.231. The van der Waals surface area contributed by atoms with E-state index in [2.05, 4.69) is 26.0 Å². The molecule has 0 radical (unpaired) electrons. The summed E-state index contributed by atoms with van der Waals surface area (Å²) in [4.78, 5) is 11.8. The Balaban J connectivity index is 1.98. The minimum atomic E-state index is -3.99. The number of benzene rings is 2. The van der Waals surface area contributed by atoms with Crippen LogP contribution in [0.4, 0.5) is 15.8 Å². The van der Waals surface area contributed by atoms with Crippen LogP contribution in [0, 0.1) is 5.82 Å². The highest BCUT2D eigenvalue weighted by Gasteiger charge is 2.29. The average Bonchev–Trinajstić information content (AvgIpc) is 2.53. The van der Waals surface area contributed by atoms with Gasteiger partial charge in [-0.15, -0.1) is 0 Å². The molecular formula is C16H14BrFN2O4S. The van der Waals surface area contributed by atoms with Crippen LogP contribution in [0.2, 0.25) is 0 Å². The van der Waals surface area contributed by atoms with Crippen LogP contribution in [0.15, 0.2) is 45.8 Å². The van der Waals surface area contributed by atoms with Gasteiger partial charge in [0.15, 0.2) is 6.10 Å². The van der Waals surface area contributed by atoms with E-state index in [1.807, 2.05) is 0 Å². The quantitative estimate of drug-likeness (QED) is 0.780. The Morgan fingerprint density at radius 3 is 2.76 bits per heavy atom. The number of carbonyl (C=O) groups excluding carboxylic acids is 1. The molecule has 25 heavy (non-hydrogen) atoms. The lowest BCUT2D eigenvalue weighted by atomic mass is 10.2. The number of hydrogen-bond donors (Lipinski definition) is 2. The molecule has 1 unspecified atom stereocenters. The first-order valence-corrected chi connectivity index (χ1v) is 9.67. The van der Waals surface area contributed by atoms with Crippen LogP contribution >= 0.6 is 15.9 Å². The molecule has 0 aromatic heterocycles. The van der Waals surface area contributed by atoms with Gasteiger partial charge in [-0.3, -0.25) is 9.52 Å². The smallest absolute Gasteiger partial charge is 0.265 e. The number of rotatable bonds is 4. The number of ether oxygens (including phenoxy) is 1. The second-order valence-electron chi connectivity index (χ2n) is 5.40. The SMILES string of the molecule is CCC1Oc2cc(S(=O)(=O)Nc3cccc(F)c3)c(Br)cc2NC1=O. The summed E-state index contributed by atoms with van der Waals surface area (Å²) in [6, 6.07) is 7.92. The zero-order chi connectivity index (χ0) is 18.2. The standard InChI is InChI=1S/C16H14BrFN2O4S/c1-2-13-16(21)19-12-7-11(17)15(8-14(12)24-13)25(22,23)20-10-5-3-4-9(18)6-10/h3-8,13,20H,2H2,1H3,(H,19,21). The molecule has 0 spiro atoms. The third-order valence-electron chi connectivity index (χ3n) is 3.59. The molecular weight excluding hydrogens is 415 g/mol. The molecule has 0 saturated heterocycles. The van der Waals surface area contributed by atoms with Crippen LogP contribution in [0.5, 0.6) is 5.75 Å². The Labute approximate surface area is 152 Å². The molecule has 132 valence electrons. The van der Waals surface area contributed by atoms with Crippen molar-refractivity contribution in [1.82, 2.24) is 0 Å². The van der Waals surface area contributed by atoms with Crippen molar-refractivity contribution < 1.29 is 22.3 Å². The maximum absolute atomic E-state index is 13.3. The van der Waals surface area contributed by atoms with Gasteiger partial charge in [-0.2, -0.15) is 0 Å². The van der Waals surface area contributed by atoms with Gasteiger partial charge in [-0.1, -0.05) is 13.0 Å². The van der Waals surface area contributed by atoms with Crippen LogP contribution < -0.4 is 14.8 Å². The number of halogens is 2. The van der Waals surface area contributed by atoms with E-state index in [9.17, 15) is 17.6 Å². The van der Waals surface area contributed by atoms with Crippen molar-refractivity contribution in [2.45, 2.75) is 24.3 Å². The predicted molar refractivity (Wildman–Crippen MR) is 94.7 cm³/mol. The molecule has 2 N–H and O–H groups in total. The number of anilines is 2. The van der Waals surface area contributed by atoms with Gasteiger partial charge in [-0.05, 0) is 46.6 Å². The zero-order valence-electron chi connectivity index (χ0n) is 13.0. The molecule has 0 aliphatic carbocycles. The van der Waals surface area contributed by atoms with Gasteiger partial charge in [0.1, 0.15) is 16.5 Å². The summed E-state index contributed by atoms with van der Waals surface area (Å²) in [5, 5.41) is 2.68. The van der Waals surface area contributed by atoms with Crippen LogP contribution in [0.3, 0.4) is 0 Å². The van der Waals surface area contributed by atoms with Gasteiger partial charge in [0.25, 0.3) is 15.9 Å². The third-order valence-corrected chi connectivity index (χ3v) is 5.93. The molecule has 2 aromatic rings. The van der Waals surface area contributed by atoms with Gasteiger partial charge in [0.2, 0.25) is 0 Å². The number of sulfonamides is 1. The van der Waals surface area contributed by atoms with Crippen molar-refractivity contribution in [2.24, 2.45) is 0 Å². The van der Waals surface area contributed by atoms with Crippen molar-refractivity contribution in [2.75, 3.05) is 10.0 Å². The largest absolute Gasteiger partial charge is 0.478 e. The number of fused-ring (bicyclic) bond motifs is 1. The molecule has 9 heteroatoms. The van der Waals surface area contributed by atoms with Crippen molar-refractivity contribution >= 4 is 43.2 Å². The molecule has 1 aliphatic heterocycles. The van der Waals surface area contributed by atoms with E-state index >= 15 is 0 Å². The normalized spacial score (nSPS) is 16.6. The average molecular weight is 429 g/mol. The van der Waals surface area contributed by atoms with Gasteiger partial charge < -0.3 is 10.1 Å². The van der Waals surface area contributed by atoms with E-state index < -0.39 is 21.9 Å². The summed E-state index contributed by atoms with van der Waals surface area (Å²) in [5.41, 5.74) is 0.483. The monoisotopic (exact) mass is 428 g/mol. The minimum Gasteiger partial charge on any atom is -0.478 e. The van der Waals surface area contributed by atoms with Crippen LogP contribution in [-0.2, 0) is 14.8 Å². The Kier molecular flexibility index (Phi) is 4.70. The maximum Gasteiger partial charge on any atom is 0.265 e. The van der Waals surface area contributed by atoms with E-state index in [1.165, 1.54) is 30.3 Å². The first-order chi connectivity index (χ1) is 11.8. The Bertz CT molecular complexity index is 949. The second-order valence-corrected chi connectivity index (χ2v) is 7.90. The molecule has 1 atom stereocenters. The van der Waals surface area contributed by atoms with Gasteiger partial charge in [-0.25, -0.2) is 12.8 Å². The molecule has 2 aromatic carbocycles. The first-order valence-electron chi connectivity index (χ1n) is 7.39. The zero-order valence-corrected chi connectivity index (χ0v) is 15.4. The lowest BCUT2D eigenvalue weighted by Crippen LogP contribution is -2.36. The minimum absolute atomic E-state index is 0.0819. The fourth-order valence-corrected chi connectivity index (χ4v) is 4.49. The third kappa shape index (κ3) is 3.62. The fourth-order valence-electron chi connectivity index (χ4n) is 2.39. The number of carbonyl (C=O) groups is 1. The first kappa shape index (κ1) is 17.7. The lowest BCUT2D eigenvalue weighted by Gasteiger charge is -2.26. The van der Waals surface area contributed by atoms with E-state index in [4.69, 9.17) is 4.74 Å². The molecule has 0 fully saturated rings. The molecule has 3 rings (SSSR count). The predicted octanol–water partition coefficient (Wildman–Crippen LogP) is 3.50. The van der Waals surface area contributed by atoms with E-state index in [0.29, 0.717) is 12.1 Å². The Hall–Kier alpha value is -2.13. The van der Waals surface area contributed by atoms with Crippen LogP contribution in [0.25, 0.3) is 0 Å². The summed E-state index contributed by atoms with van der Waals surface area (Å²) in [5.74, 6) is -0.578. The van der Waals surface area contributed by atoms with Crippen molar-refractivity contribution in [1.29, 1.82) is 0 Å². The topological polar surface area (TPSA) is 84.5 Å². The molecule has 6 nitrogen and oxygen atoms in total. The summed E-state index contributed by atoms with van der Waals surface area (Å²) < 4.78 is 46.6. The van der Waals surface area contributed by atoms with E-state index in [0.717, 1.165) is 6.07 Å². The van der Waals surface area contributed by atoms with E-state index in [1.54, 1.807) is 6.92 Å². The highest BCUT2D eigenvalue weighted by molar-refractivity contribution is 9.10. The van der Waals surface area contributed by atoms with Gasteiger partial charge in [0, 0.05) is 10.5 Å². The van der Waals surface area contributed by atoms with Crippen LogP contribution in [0.1, 0.15) is 13.3 Å². The number of hydrogen-bond acceptors (Lipinski definition) is 4. The molecule has 1 aliphatic rings. The summed E-state index contributed by atoms with van der Waals surface area (Å²) >= 11 is 3.19. The van der Waals surface area contributed by atoms with Crippen molar-refractivity contribution in [3.63, 3.8) is 0 Å². The highest BCUT2D eigenvalue weighted by atomic mass is 79.9. The number of nitrogens with one attached hydrogen (secondary N) is 2. The van der Waals surface area contributed by atoms with Crippen LogP contribution in [-0.4, -0.2) is 20.4 Å². The Morgan fingerprint density at radius 1 is 1.32 bits per heavy atom. The summed E-state index contributed by atoms with van der Waals surface area (Å²) in [7, 11) is -3.99. The maximum atomic E-state index is 13.3. The molecule has 1 amide bonds. The number of amides is 1. The molecule has 0 saturated carbocycles. The lowest BCUT2D eigenvalue weighted by molar-refractivity contribution is -0.123. The van der Waals surface area contributed by atoms with Crippen molar-refractivity contribution in [3.05, 3.63) is 46.7 Å². The highest BCUT2D eigenvalue weighted by Crippen LogP contribution is 2.37. The fraction of sp³-hybridized carbons (Fsp3) is 0.188.